The lowest BCUT2D eigenvalue weighted by Gasteiger charge is -2.18. The molecule has 2 aliphatic heterocycles. The Hall–Kier alpha value is -5.79. The van der Waals surface area contributed by atoms with Gasteiger partial charge in [-0.3, -0.25) is 19.4 Å². The van der Waals surface area contributed by atoms with Gasteiger partial charge in [-0.05, 0) is 61.6 Å². The van der Waals surface area contributed by atoms with Gasteiger partial charge in [-0.25, -0.2) is 9.78 Å². The minimum absolute atomic E-state index is 0.182. The number of nitrogens with zero attached hydrogens (tertiary/aromatic N) is 5. The van der Waals surface area contributed by atoms with Gasteiger partial charge >= 0.3 is 30.0 Å². The number of hydrogen-bond donors (Lipinski definition) is 4. The van der Waals surface area contributed by atoms with Gasteiger partial charge < -0.3 is 30.7 Å². The van der Waals surface area contributed by atoms with Gasteiger partial charge in [-0.1, -0.05) is 16.8 Å². The van der Waals surface area contributed by atoms with E-state index in [1.165, 1.54) is 6.20 Å². The number of halogens is 7. The van der Waals surface area contributed by atoms with E-state index in [9.17, 15) is 45.5 Å². The normalized spacial score (nSPS) is 15.3. The third-order valence-electron chi connectivity index (χ3n) is 7.47. The topological polar surface area (TPSA) is 184 Å². The highest BCUT2D eigenvalue weighted by Crippen LogP contribution is 2.30. The molecule has 52 heavy (non-hydrogen) atoms. The first-order chi connectivity index (χ1) is 24.5. The van der Waals surface area contributed by atoms with Crippen molar-refractivity contribution in [3.63, 3.8) is 0 Å². The first-order valence-electron chi connectivity index (χ1n) is 15.1. The molecule has 3 aromatic heterocycles. The second-order valence-electron chi connectivity index (χ2n) is 11.4. The molecule has 0 unspecified atom stereocenters. The summed E-state index contributed by atoms with van der Waals surface area (Å²) in [5, 5.41) is 16.6. The van der Waals surface area contributed by atoms with E-state index in [2.05, 4.69) is 41.4 Å². The van der Waals surface area contributed by atoms with Gasteiger partial charge in [0.25, 0.3) is 5.91 Å². The molecule has 1 fully saturated rings. The zero-order chi connectivity index (χ0) is 37.8. The number of carbonyl (C=O) groups is 4. The molecule has 0 aliphatic carbocycles. The Morgan fingerprint density at radius 2 is 1.67 bits per heavy atom. The molecule has 4 aromatic rings. The number of aryl methyl sites for hydroxylation is 3. The van der Waals surface area contributed by atoms with E-state index < -0.39 is 23.9 Å². The van der Waals surface area contributed by atoms with E-state index in [0.29, 0.717) is 60.6 Å². The van der Waals surface area contributed by atoms with Gasteiger partial charge in [0.05, 0.1) is 18.1 Å². The summed E-state index contributed by atoms with van der Waals surface area (Å²) >= 11 is 6.35. The third-order valence-corrected chi connectivity index (χ3v) is 7.75. The molecule has 1 atom stereocenters. The smallest absolute Gasteiger partial charge is 0.361 e. The van der Waals surface area contributed by atoms with Crippen LogP contribution in [0.4, 0.5) is 60.0 Å². The Kier molecular flexibility index (Phi) is 11.0. The van der Waals surface area contributed by atoms with Crippen LogP contribution in [0.3, 0.4) is 0 Å². The second-order valence-corrected chi connectivity index (χ2v) is 11.8. The number of urea groups is 1. The van der Waals surface area contributed by atoms with Crippen molar-refractivity contribution in [3.8, 4) is 0 Å². The minimum atomic E-state index is -5.77. The van der Waals surface area contributed by atoms with E-state index in [1.54, 1.807) is 24.1 Å². The fourth-order valence-corrected chi connectivity index (χ4v) is 5.18. The number of nitrogens with one attached hydrogen (secondary N) is 4. The van der Waals surface area contributed by atoms with Crippen LogP contribution in [0.15, 0.2) is 53.4 Å². The molecule has 6 rings (SSSR count). The second kappa shape index (κ2) is 15.2. The number of hydrogen-bond acceptors (Lipinski definition) is 11. The number of Topliss-reactive ketones (excluding diaryl/α,β-unsaturated/α-hetero) is 2. The van der Waals surface area contributed by atoms with Crippen molar-refractivity contribution in [1.29, 1.82) is 0 Å². The first-order valence-corrected chi connectivity index (χ1v) is 15.5. The molecule has 0 spiro atoms. The number of anilines is 5. The van der Waals surface area contributed by atoms with Crippen LogP contribution in [-0.4, -0.2) is 80.0 Å². The van der Waals surface area contributed by atoms with Crippen LogP contribution in [0.25, 0.3) is 0 Å². The lowest BCUT2D eigenvalue weighted by atomic mass is 10.0. The average Bonchev–Trinajstić information content (AvgIpc) is 3.73. The summed E-state index contributed by atoms with van der Waals surface area (Å²) in [6.45, 7) is 2.66. The molecule has 3 amide bonds. The molecule has 274 valence electrons. The average molecular weight is 754 g/mol. The summed E-state index contributed by atoms with van der Waals surface area (Å²) in [6, 6.07) is 8.74. The number of benzene rings is 1. The number of fused-ring (bicyclic) bond motifs is 6. The van der Waals surface area contributed by atoms with E-state index >= 15 is 0 Å². The number of alkyl halides is 6. The summed E-state index contributed by atoms with van der Waals surface area (Å²) in [7, 11) is 0. The molecule has 6 bridgehead atoms. The molecule has 1 aromatic carbocycles. The van der Waals surface area contributed by atoms with Crippen molar-refractivity contribution in [2.45, 2.75) is 44.6 Å². The minimum Gasteiger partial charge on any atom is -0.361 e. The maximum atomic E-state index is 13.0. The quantitative estimate of drug-likeness (QED) is 0.148. The molecule has 5 heterocycles. The number of amides is 3. The summed E-state index contributed by atoms with van der Waals surface area (Å²) in [4.78, 5) is 59.7. The number of pyridine rings is 1. The summed E-state index contributed by atoms with van der Waals surface area (Å²) in [5.41, 5.74) is 4.42. The summed E-state index contributed by atoms with van der Waals surface area (Å²) in [6.07, 6.45) is -4.51. The van der Waals surface area contributed by atoms with E-state index in [-0.39, 0.29) is 23.7 Å². The molecule has 0 saturated carbocycles. The Labute approximate surface area is 294 Å². The highest BCUT2D eigenvalue weighted by molar-refractivity contribution is 6.41. The predicted molar refractivity (Wildman–Crippen MR) is 172 cm³/mol. The zero-order valence-electron chi connectivity index (χ0n) is 26.7. The fraction of sp³-hybridized carbons (Fsp3) is 0.290. The largest absolute Gasteiger partial charge is 0.458 e. The number of carbonyl (C=O) groups excluding carboxylic acids is 4. The monoisotopic (exact) mass is 753 g/mol. The molecule has 1 saturated heterocycles. The van der Waals surface area contributed by atoms with Gasteiger partial charge in [-0.15, -0.1) is 0 Å². The van der Waals surface area contributed by atoms with E-state index in [0.717, 1.165) is 22.5 Å². The molecule has 21 heteroatoms. The van der Waals surface area contributed by atoms with Crippen LogP contribution < -0.4 is 21.3 Å². The van der Waals surface area contributed by atoms with Crippen LogP contribution in [0.1, 0.15) is 33.8 Å². The predicted octanol–water partition coefficient (Wildman–Crippen LogP) is 5.69. The molecular formula is C31H26ClF6N9O5. The number of rotatable bonds is 4. The molecule has 4 N–H and O–H groups in total. The SMILES string of the molecule is Cc1cc(C(=O)N2CC[C@H](NC(=O)Nc3ccc4cc3CCc3cncc(c3)Nc3ncc(Cl)c(n3)N4)C2)no1.O=C(C(=O)C(F)(F)F)C(F)(F)F. The lowest BCUT2D eigenvalue weighted by Crippen LogP contribution is -2.40. The Balaban J connectivity index is 0.000000376. The summed E-state index contributed by atoms with van der Waals surface area (Å²) in [5.74, 6) is -5.60. The van der Waals surface area contributed by atoms with Crippen molar-refractivity contribution in [1.82, 2.24) is 30.3 Å². The highest BCUT2D eigenvalue weighted by atomic mass is 35.5. The Morgan fingerprint density at radius 3 is 2.35 bits per heavy atom. The van der Waals surface area contributed by atoms with Crippen LogP contribution in [0.2, 0.25) is 5.02 Å². The van der Waals surface area contributed by atoms with Crippen LogP contribution in [-0.2, 0) is 22.4 Å². The van der Waals surface area contributed by atoms with Gasteiger partial charge in [-0.2, -0.15) is 31.3 Å². The van der Waals surface area contributed by atoms with Gasteiger partial charge in [0, 0.05) is 42.8 Å². The molecule has 0 radical (unpaired) electrons. The van der Waals surface area contributed by atoms with Crippen molar-refractivity contribution in [2.75, 3.05) is 29.0 Å². The highest BCUT2D eigenvalue weighted by Gasteiger charge is 2.54. The molecular weight excluding hydrogens is 728 g/mol. The number of aromatic nitrogens is 4. The zero-order valence-corrected chi connectivity index (χ0v) is 27.4. The maximum Gasteiger partial charge on any atom is 0.458 e. The van der Waals surface area contributed by atoms with Crippen LogP contribution in [0, 0.1) is 6.92 Å². The Bertz CT molecular complexity index is 1980. The standard InChI is InChI=1S/C27H26ClN9O3.C4F6O2/c1-15-8-23(36-40-15)25(38)37-7-6-19(14-37)33-27(39)34-22-5-4-18-10-17(22)3-2-16-9-20(12-29-11-16)32-26-30-13-21(28)24(31-18)35-26;5-3(6,7)1(11)2(12)4(8,9)10/h4-5,8-13,19H,2-3,6-7,14H2,1H3,(H2,33,34,39)(H2,30,31,32,35);/t19-;/m0./s1. The van der Waals surface area contributed by atoms with Crippen molar-refractivity contribution >= 4 is 63.9 Å². The van der Waals surface area contributed by atoms with Gasteiger partial charge in [0.15, 0.2) is 11.5 Å². The van der Waals surface area contributed by atoms with Gasteiger partial charge in [0.1, 0.15) is 10.8 Å². The first kappa shape index (κ1) is 37.5. The number of ketones is 2. The van der Waals surface area contributed by atoms with Crippen molar-refractivity contribution in [2.24, 2.45) is 0 Å². The van der Waals surface area contributed by atoms with Crippen LogP contribution in [0.5, 0.6) is 0 Å². The molecule has 2 aliphatic rings. The van der Waals surface area contributed by atoms with Gasteiger partial charge in [0.2, 0.25) is 5.95 Å². The Morgan fingerprint density at radius 1 is 0.942 bits per heavy atom. The van der Waals surface area contributed by atoms with Crippen molar-refractivity contribution in [3.05, 3.63) is 76.5 Å². The third kappa shape index (κ3) is 9.50. The van der Waals surface area contributed by atoms with E-state index in [1.807, 2.05) is 30.5 Å². The van der Waals surface area contributed by atoms with Crippen molar-refractivity contribution < 1.29 is 50.0 Å². The molecule has 14 nitrogen and oxygen atoms in total. The maximum absolute atomic E-state index is 13.0. The lowest BCUT2D eigenvalue weighted by molar-refractivity contribution is -0.193. The summed E-state index contributed by atoms with van der Waals surface area (Å²) < 4.78 is 72.0. The fourth-order valence-electron chi connectivity index (χ4n) is 5.05. The van der Waals surface area contributed by atoms with Crippen LogP contribution >= 0.6 is 11.6 Å². The number of likely N-dealkylation sites (tertiary alicyclic amines) is 1. The van der Waals surface area contributed by atoms with E-state index in [4.69, 9.17) is 16.1 Å².